The monoisotopic (exact) mass is 675 g/mol. The Morgan fingerprint density at radius 1 is 1.04 bits per heavy atom. The third-order valence-electron chi connectivity index (χ3n) is 7.65. The van der Waals surface area contributed by atoms with Crippen molar-refractivity contribution in [2.45, 2.75) is 43.8 Å². The van der Waals surface area contributed by atoms with Crippen LogP contribution < -0.4 is 16.4 Å². The Morgan fingerprint density at radius 2 is 1.70 bits per heavy atom. The zero-order valence-corrected chi connectivity index (χ0v) is 24.9. The largest absolute Gasteiger partial charge is 0.435 e. The maximum absolute atomic E-state index is 13.6. The third-order valence-corrected chi connectivity index (χ3v) is 7.97. The number of aromatic nitrogens is 4. The number of nitrogens with two attached hydrogens (primary N) is 1. The van der Waals surface area contributed by atoms with Crippen molar-refractivity contribution < 1.29 is 40.7 Å². The maximum Gasteiger partial charge on any atom is 0.435 e. The predicted molar refractivity (Wildman–Crippen MR) is 152 cm³/mol. The molecule has 2 aliphatic rings. The van der Waals surface area contributed by atoms with Gasteiger partial charge < -0.3 is 30.7 Å². The number of benzene rings is 1. The van der Waals surface area contributed by atoms with Crippen LogP contribution in [0.15, 0.2) is 30.6 Å². The van der Waals surface area contributed by atoms with Crippen LogP contribution in [0, 0.1) is 0 Å². The van der Waals surface area contributed by atoms with Crippen molar-refractivity contribution in [2.75, 3.05) is 31.5 Å². The van der Waals surface area contributed by atoms with Gasteiger partial charge in [-0.05, 0) is 31.0 Å². The number of halogens is 7. The van der Waals surface area contributed by atoms with Gasteiger partial charge in [-0.2, -0.15) is 31.4 Å². The quantitative estimate of drug-likeness (QED) is 0.340. The van der Waals surface area contributed by atoms with Crippen LogP contribution in [0.4, 0.5) is 36.8 Å². The molecule has 248 valence electrons. The standard InChI is InChI=1S/C27H28ClF6N9O3/c1-40-20(18-12-43(13-26(29,30)31)39-21(18)27(32,33)34)11-36-22(40)23(44)37-15-2-3-17(19(28)10-15)24(45)41-4-6-42(7-5-41)25(46)38-16-8-14(35)9-16/h2-3,10-12,14,16H,4-9,13,35H2,1H3,(H,37,44)(H,38,46)/t14-,16+. The Hall–Kier alpha value is -4.32. The number of nitrogens with one attached hydrogen (secondary N) is 2. The number of hydrogen-bond donors (Lipinski definition) is 3. The number of nitrogens with zero attached hydrogens (tertiary/aromatic N) is 6. The number of piperazine rings is 1. The molecule has 2 fully saturated rings. The average Bonchev–Trinajstić information content (AvgIpc) is 3.54. The molecule has 1 aliphatic heterocycles. The van der Waals surface area contributed by atoms with E-state index in [-0.39, 0.29) is 69.6 Å². The molecule has 12 nitrogen and oxygen atoms in total. The van der Waals surface area contributed by atoms with Crippen molar-refractivity contribution in [1.82, 2.24) is 34.4 Å². The Bertz CT molecular complexity index is 1640. The zero-order chi connectivity index (χ0) is 33.6. The Balaban J connectivity index is 1.23. The lowest BCUT2D eigenvalue weighted by Crippen LogP contribution is -2.57. The van der Waals surface area contributed by atoms with Crippen molar-refractivity contribution in [1.29, 1.82) is 0 Å². The van der Waals surface area contributed by atoms with E-state index in [1.807, 2.05) is 0 Å². The highest BCUT2D eigenvalue weighted by Crippen LogP contribution is 2.37. The van der Waals surface area contributed by atoms with Crippen molar-refractivity contribution in [3.05, 3.63) is 52.7 Å². The molecule has 3 heterocycles. The molecule has 1 saturated heterocycles. The van der Waals surface area contributed by atoms with Gasteiger partial charge in [0.25, 0.3) is 11.8 Å². The lowest BCUT2D eigenvalue weighted by molar-refractivity contribution is -0.148. The molecule has 4 N–H and O–H groups in total. The summed E-state index contributed by atoms with van der Waals surface area (Å²) >= 11 is 6.37. The first-order valence-electron chi connectivity index (χ1n) is 13.9. The SMILES string of the molecule is Cn1c(-c2cn(CC(F)(F)F)nc2C(F)(F)F)cnc1C(=O)Nc1ccc(C(=O)N2CCN(C(=O)N[C@H]3C[C@@H](N)C3)CC2)c(Cl)c1. The molecule has 0 bridgehead atoms. The number of imidazole rings is 1. The van der Waals surface area contributed by atoms with Crippen LogP contribution in [-0.4, -0.2) is 91.4 Å². The number of carbonyl (C=O) groups excluding carboxylic acids is 3. The van der Waals surface area contributed by atoms with Gasteiger partial charge in [0, 0.05) is 57.2 Å². The second kappa shape index (κ2) is 12.5. The van der Waals surface area contributed by atoms with Crippen LogP contribution in [0.25, 0.3) is 11.3 Å². The highest BCUT2D eigenvalue weighted by Gasteiger charge is 2.40. The van der Waals surface area contributed by atoms with Crippen LogP contribution in [0.1, 0.15) is 39.5 Å². The molecular weight excluding hydrogens is 648 g/mol. The summed E-state index contributed by atoms with van der Waals surface area (Å²) in [6, 6.07) is 4.05. The molecular formula is C27H28ClF6N9O3. The summed E-state index contributed by atoms with van der Waals surface area (Å²) < 4.78 is 80.3. The maximum atomic E-state index is 13.6. The number of amides is 4. The molecule has 46 heavy (non-hydrogen) atoms. The number of alkyl halides is 6. The van der Waals surface area contributed by atoms with Crippen molar-refractivity contribution in [3.8, 4) is 11.3 Å². The first-order chi connectivity index (χ1) is 21.5. The van der Waals surface area contributed by atoms with Crippen molar-refractivity contribution >= 4 is 35.1 Å². The molecule has 2 aromatic heterocycles. The molecule has 3 aromatic rings. The van der Waals surface area contributed by atoms with Gasteiger partial charge in [0.2, 0.25) is 0 Å². The van der Waals surface area contributed by atoms with E-state index in [4.69, 9.17) is 17.3 Å². The van der Waals surface area contributed by atoms with Gasteiger partial charge in [-0.3, -0.25) is 14.3 Å². The van der Waals surface area contributed by atoms with Crippen molar-refractivity contribution in [2.24, 2.45) is 12.8 Å². The summed E-state index contributed by atoms with van der Waals surface area (Å²) in [5.74, 6) is -1.60. The van der Waals surface area contributed by atoms with E-state index in [1.165, 1.54) is 25.2 Å². The Labute approximate surface area is 262 Å². The molecule has 1 aromatic carbocycles. The number of rotatable bonds is 6. The van der Waals surface area contributed by atoms with Gasteiger partial charge in [0.1, 0.15) is 6.54 Å². The third kappa shape index (κ3) is 7.22. The number of anilines is 1. The Morgan fingerprint density at radius 3 is 2.28 bits per heavy atom. The smallest absolute Gasteiger partial charge is 0.335 e. The minimum atomic E-state index is -5.08. The lowest BCUT2D eigenvalue weighted by atomic mass is 9.88. The van der Waals surface area contributed by atoms with Crippen LogP contribution in [-0.2, 0) is 19.8 Å². The highest BCUT2D eigenvalue weighted by molar-refractivity contribution is 6.34. The molecule has 0 spiro atoms. The van der Waals surface area contributed by atoms with E-state index in [9.17, 15) is 40.7 Å². The molecule has 1 saturated carbocycles. The minimum Gasteiger partial charge on any atom is -0.335 e. The van der Waals surface area contributed by atoms with E-state index in [0.29, 0.717) is 19.3 Å². The molecule has 4 amide bonds. The van der Waals surface area contributed by atoms with Gasteiger partial charge >= 0.3 is 18.4 Å². The molecule has 5 rings (SSSR count). The first kappa shape index (κ1) is 33.1. The van der Waals surface area contributed by atoms with Gasteiger partial charge in [-0.25, -0.2) is 9.78 Å². The van der Waals surface area contributed by atoms with E-state index < -0.39 is 36.1 Å². The fraction of sp³-hybridized carbons (Fsp3) is 0.444. The predicted octanol–water partition coefficient (Wildman–Crippen LogP) is 3.73. The highest BCUT2D eigenvalue weighted by atomic mass is 35.5. The van der Waals surface area contributed by atoms with E-state index >= 15 is 0 Å². The second-order valence-electron chi connectivity index (χ2n) is 11.0. The summed E-state index contributed by atoms with van der Waals surface area (Å²) in [6.07, 6.45) is -6.94. The molecule has 19 heteroatoms. The number of hydrogen-bond acceptors (Lipinski definition) is 6. The summed E-state index contributed by atoms with van der Waals surface area (Å²) in [5.41, 5.74) is 3.49. The fourth-order valence-electron chi connectivity index (χ4n) is 5.24. The zero-order valence-electron chi connectivity index (χ0n) is 24.1. The van der Waals surface area contributed by atoms with Gasteiger partial charge in [0.05, 0.1) is 28.0 Å². The second-order valence-corrected chi connectivity index (χ2v) is 11.4. The van der Waals surface area contributed by atoms with E-state index in [0.717, 1.165) is 23.6 Å². The number of carbonyl (C=O) groups is 3. The topological polar surface area (TPSA) is 143 Å². The molecule has 1 aliphatic carbocycles. The first-order valence-corrected chi connectivity index (χ1v) is 14.3. The van der Waals surface area contributed by atoms with E-state index in [2.05, 4.69) is 20.7 Å². The lowest BCUT2D eigenvalue weighted by Gasteiger charge is -2.38. The van der Waals surface area contributed by atoms with Crippen LogP contribution >= 0.6 is 11.6 Å². The summed E-state index contributed by atoms with van der Waals surface area (Å²) in [6.45, 7) is -0.553. The van der Waals surface area contributed by atoms with Gasteiger partial charge in [0.15, 0.2) is 11.5 Å². The van der Waals surface area contributed by atoms with Crippen molar-refractivity contribution in [3.63, 3.8) is 0 Å². The van der Waals surface area contributed by atoms with Crippen LogP contribution in [0.3, 0.4) is 0 Å². The summed E-state index contributed by atoms with van der Waals surface area (Å²) in [4.78, 5) is 45.6. The van der Waals surface area contributed by atoms with Gasteiger partial charge in [-0.15, -0.1) is 0 Å². The normalized spacial score (nSPS) is 18.7. The molecule has 0 radical (unpaired) electrons. The van der Waals surface area contributed by atoms with Crippen LogP contribution in [0.5, 0.6) is 0 Å². The van der Waals surface area contributed by atoms with E-state index in [1.54, 1.807) is 9.80 Å². The molecule has 0 atom stereocenters. The summed E-state index contributed by atoms with van der Waals surface area (Å²) in [7, 11) is 1.22. The van der Waals surface area contributed by atoms with Gasteiger partial charge in [-0.1, -0.05) is 11.6 Å². The average molecular weight is 676 g/mol. The Kier molecular flexibility index (Phi) is 8.96. The molecule has 0 unspecified atom stereocenters. The minimum absolute atomic E-state index is 0.0109. The summed E-state index contributed by atoms with van der Waals surface area (Å²) in [5, 5.41) is 8.49. The fourth-order valence-corrected chi connectivity index (χ4v) is 5.50. The number of urea groups is 1. The van der Waals surface area contributed by atoms with Crippen LogP contribution in [0.2, 0.25) is 5.02 Å².